The maximum Gasteiger partial charge on any atom is 0.201 e. The molecule has 0 atom stereocenters. The van der Waals surface area contributed by atoms with Crippen molar-refractivity contribution in [2.45, 2.75) is 26.8 Å². The molecule has 1 heterocycles. The molecule has 0 saturated carbocycles. The number of aromatic nitrogens is 2. The molecule has 16 heavy (non-hydrogen) atoms. The third-order valence-corrected chi connectivity index (χ3v) is 2.93. The van der Waals surface area contributed by atoms with Gasteiger partial charge in [0.15, 0.2) is 0 Å². The summed E-state index contributed by atoms with van der Waals surface area (Å²) in [5, 5.41) is 8.85. The number of hydrogen-bond acceptors (Lipinski definition) is 3. The Labute approximate surface area is 94.7 Å². The minimum atomic E-state index is 0.171. The van der Waals surface area contributed by atoms with E-state index in [1.54, 1.807) is 0 Å². The predicted molar refractivity (Wildman–Crippen MR) is 65.3 cm³/mol. The van der Waals surface area contributed by atoms with E-state index in [9.17, 15) is 0 Å². The minimum absolute atomic E-state index is 0.171. The van der Waals surface area contributed by atoms with Crippen molar-refractivity contribution in [2.75, 3.05) is 12.3 Å². The van der Waals surface area contributed by atoms with Gasteiger partial charge in [0.25, 0.3) is 0 Å². The molecule has 86 valence electrons. The van der Waals surface area contributed by atoms with E-state index in [0.29, 0.717) is 18.9 Å². The van der Waals surface area contributed by atoms with Crippen molar-refractivity contribution in [3.63, 3.8) is 0 Å². The summed E-state index contributed by atoms with van der Waals surface area (Å²) in [7, 11) is 0. The number of anilines is 1. The van der Waals surface area contributed by atoms with Crippen LogP contribution in [0.15, 0.2) is 12.1 Å². The lowest BCUT2D eigenvalue weighted by Crippen LogP contribution is -2.04. The molecule has 4 heteroatoms. The van der Waals surface area contributed by atoms with Gasteiger partial charge in [0.2, 0.25) is 5.95 Å². The van der Waals surface area contributed by atoms with E-state index in [1.165, 1.54) is 11.1 Å². The number of aliphatic hydroxyl groups is 1. The van der Waals surface area contributed by atoms with Crippen LogP contribution < -0.4 is 5.73 Å². The highest BCUT2D eigenvalue weighted by molar-refractivity contribution is 5.80. The van der Waals surface area contributed by atoms with Gasteiger partial charge in [-0.25, -0.2) is 4.98 Å². The van der Waals surface area contributed by atoms with Crippen molar-refractivity contribution in [2.24, 2.45) is 0 Å². The Morgan fingerprint density at radius 2 is 2.00 bits per heavy atom. The SMILES string of the molecule is Cc1cc2nc(N)n(CCCO)c2cc1C. The second-order valence-electron chi connectivity index (χ2n) is 4.12. The quantitative estimate of drug-likeness (QED) is 0.824. The number of nitrogen functional groups attached to an aromatic ring is 1. The third-order valence-electron chi connectivity index (χ3n) is 2.93. The van der Waals surface area contributed by atoms with Crippen molar-refractivity contribution >= 4 is 17.0 Å². The lowest BCUT2D eigenvalue weighted by molar-refractivity contribution is 0.281. The molecule has 0 amide bonds. The number of benzene rings is 1. The fraction of sp³-hybridized carbons (Fsp3) is 0.417. The molecule has 0 spiro atoms. The van der Waals surface area contributed by atoms with Crippen LogP contribution >= 0.6 is 0 Å². The molecule has 2 aromatic rings. The number of nitrogens with two attached hydrogens (primary N) is 1. The molecule has 0 saturated heterocycles. The zero-order valence-electron chi connectivity index (χ0n) is 9.70. The highest BCUT2D eigenvalue weighted by Crippen LogP contribution is 2.22. The van der Waals surface area contributed by atoms with Gasteiger partial charge in [0.05, 0.1) is 11.0 Å². The number of fused-ring (bicyclic) bond motifs is 1. The van der Waals surface area contributed by atoms with Gasteiger partial charge in [-0.15, -0.1) is 0 Å². The van der Waals surface area contributed by atoms with Gasteiger partial charge < -0.3 is 15.4 Å². The van der Waals surface area contributed by atoms with E-state index in [1.807, 2.05) is 4.57 Å². The van der Waals surface area contributed by atoms with Crippen molar-refractivity contribution in [3.8, 4) is 0 Å². The number of hydrogen-bond donors (Lipinski definition) is 2. The summed E-state index contributed by atoms with van der Waals surface area (Å²) in [6, 6.07) is 4.15. The van der Waals surface area contributed by atoms with Gasteiger partial charge in [0.1, 0.15) is 0 Å². The topological polar surface area (TPSA) is 64.1 Å². The van der Waals surface area contributed by atoms with Crippen LogP contribution in [0.25, 0.3) is 11.0 Å². The summed E-state index contributed by atoms with van der Waals surface area (Å²) in [5.41, 5.74) is 10.3. The van der Waals surface area contributed by atoms with Crippen LogP contribution in [0.2, 0.25) is 0 Å². The summed E-state index contributed by atoms with van der Waals surface area (Å²) in [6.45, 7) is 5.03. The van der Waals surface area contributed by atoms with Gasteiger partial charge in [0, 0.05) is 13.2 Å². The molecule has 0 aliphatic rings. The summed E-state index contributed by atoms with van der Waals surface area (Å²) >= 11 is 0. The van der Waals surface area contributed by atoms with E-state index < -0.39 is 0 Å². The van der Waals surface area contributed by atoms with Crippen LogP contribution in [-0.2, 0) is 6.54 Å². The summed E-state index contributed by atoms with van der Waals surface area (Å²) < 4.78 is 1.96. The number of nitrogens with zero attached hydrogens (tertiary/aromatic N) is 2. The second-order valence-corrected chi connectivity index (χ2v) is 4.12. The maximum atomic E-state index is 8.85. The lowest BCUT2D eigenvalue weighted by atomic mass is 10.1. The third kappa shape index (κ3) is 1.76. The number of aryl methyl sites for hydroxylation is 3. The molecule has 0 aliphatic heterocycles. The highest BCUT2D eigenvalue weighted by atomic mass is 16.3. The second kappa shape index (κ2) is 4.14. The largest absolute Gasteiger partial charge is 0.396 e. The van der Waals surface area contributed by atoms with Crippen LogP contribution in [-0.4, -0.2) is 21.3 Å². The molecule has 0 bridgehead atoms. The highest BCUT2D eigenvalue weighted by Gasteiger charge is 2.08. The Balaban J connectivity index is 2.55. The van der Waals surface area contributed by atoms with Crippen LogP contribution in [0.1, 0.15) is 17.5 Å². The van der Waals surface area contributed by atoms with Crippen molar-refractivity contribution in [1.82, 2.24) is 9.55 Å². The average Bonchev–Trinajstić information content (AvgIpc) is 2.52. The smallest absolute Gasteiger partial charge is 0.201 e. The van der Waals surface area contributed by atoms with Crippen molar-refractivity contribution < 1.29 is 5.11 Å². The fourth-order valence-corrected chi connectivity index (χ4v) is 1.86. The molecule has 4 nitrogen and oxygen atoms in total. The van der Waals surface area contributed by atoms with Crippen molar-refractivity contribution in [3.05, 3.63) is 23.3 Å². The van der Waals surface area contributed by atoms with Crippen LogP contribution in [0.3, 0.4) is 0 Å². The normalized spacial score (nSPS) is 11.2. The first-order chi connectivity index (χ1) is 7.63. The molecule has 0 fully saturated rings. The Morgan fingerprint density at radius 3 is 2.69 bits per heavy atom. The van der Waals surface area contributed by atoms with Crippen LogP contribution in [0.4, 0.5) is 5.95 Å². The van der Waals surface area contributed by atoms with E-state index in [4.69, 9.17) is 10.8 Å². The molecule has 0 aliphatic carbocycles. The molecule has 1 aromatic carbocycles. The lowest BCUT2D eigenvalue weighted by Gasteiger charge is -2.06. The molecule has 3 N–H and O–H groups in total. The fourth-order valence-electron chi connectivity index (χ4n) is 1.86. The first kappa shape index (κ1) is 11.0. The average molecular weight is 219 g/mol. The Morgan fingerprint density at radius 1 is 1.31 bits per heavy atom. The monoisotopic (exact) mass is 219 g/mol. The predicted octanol–water partition coefficient (Wildman–Crippen LogP) is 1.62. The van der Waals surface area contributed by atoms with E-state index >= 15 is 0 Å². The van der Waals surface area contributed by atoms with Gasteiger partial charge in [-0.1, -0.05) is 0 Å². The van der Waals surface area contributed by atoms with Crippen LogP contribution in [0.5, 0.6) is 0 Å². The molecule has 2 rings (SSSR count). The minimum Gasteiger partial charge on any atom is -0.396 e. The number of rotatable bonds is 3. The van der Waals surface area contributed by atoms with E-state index in [2.05, 4.69) is 31.0 Å². The summed E-state index contributed by atoms with van der Waals surface area (Å²) in [6.07, 6.45) is 0.697. The van der Waals surface area contributed by atoms with Gasteiger partial charge in [-0.3, -0.25) is 0 Å². The van der Waals surface area contributed by atoms with Crippen molar-refractivity contribution in [1.29, 1.82) is 0 Å². The van der Waals surface area contributed by atoms with Crippen LogP contribution in [0, 0.1) is 13.8 Å². The molecular weight excluding hydrogens is 202 g/mol. The van der Waals surface area contributed by atoms with Gasteiger partial charge in [-0.2, -0.15) is 0 Å². The molecule has 1 aromatic heterocycles. The Kier molecular flexibility index (Phi) is 2.83. The van der Waals surface area contributed by atoms with Gasteiger partial charge in [-0.05, 0) is 43.5 Å². The standard InChI is InChI=1S/C12H17N3O/c1-8-6-10-11(7-9(8)2)15(4-3-5-16)12(13)14-10/h6-7,16H,3-5H2,1-2H3,(H2,13,14). The number of imidazole rings is 1. The van der Waals surface area contributed by atoms with Gasteiger partial charge >= 0.3 is 0 Å². The van der Waals surface area contributed by atoms with E-state index in [-0.39, 0.29) is 6.61 Å². The zero-order chi connectivity index (χ0) is 11.7. The van der Waals surface area contributed by atoms with E-state index in [0.717, 1.165) is 11.0 Å². The summed E-state index contributed by atoms with van der Waals surface area (Å²) in [4.78, 5) is 4.33. The number of aliphatic hydroxyl groups excluding tert-OH is 1. The zero-order valence-corrected chi connectivity index (χ0v) is 9.70. The molecule has 0 radical (unpaired) electrons. The Bertz CT molecular complexity index is 516. The maximum absolute atomic E-state index is 8.85. The first-order valence-electron chi connectivity index (χ1n) is 5.47. The summed E-state index contributed by atoms with van der Waals surface area (Å²) in [5.74, 6) is 0.522. The molecular formula is C12H17N3O. The Hall–Kier alpha value is -1.55. The molecule has 0 unspecified atom stereocenters. The first-order valence-corrected chi connectivity index (χ1v) is 5.47.